The van der Waals surface area contributed by atoms with Gasteiger partial charge in [-0.05, 0) is 29.9 Å². The second-order valence-electron chi connectivity index (χ2n) is 5.46. The van der Waals surface area contributed by atoms with E-state index in [0.717, 1.165) is 23.2 Å². The molecule has 0 bridgehead atoms. The molecule has 3 atom stereocenters. The van der Waals surface area contributed by atoms with Crippen molar-refractivity contribution in [2.75, 3.05) is 18.0 Å². The summed E-state index contributed by atoms with van der Waals surface area (Å²) in [5.41, 5.74) is 12.8. The highest BCUT2D eigenvalue weighted by Gasteiger charge is 2.50. The summed E-state index contributed by atoms with van der Waals surface area (Å²) in [7, 11) is 0. The normalized spacial score (nSPS) is 36.8. The molecular formula is C12H16N4S. The molecule has 3 fully saturated rings. The molecule has 0 aromatic carbocycles. The van der Waals surface area contributed by atoms with Gasteiger partial charge in [0.2, 0.25) is 0 Å². The highest BCUT2D eigenvalue weighted by molar-refractivity contribution is 8.08. The summed E-state index contributed by atoms with van der Waals surface area (Å²) in [4.78, 5) is 6.36. The fourth-order valence-corrected chi connectivity index (χ4v) is 3.58. The Bertz CT molecular complexity index is 448. The van der Waals surface area contributed by atoms with E-state index in [0.29, 0.717) is 0 Å². The molecule has 4 nitrogen and oxygen atoms in total. The summed E-state index contributed by atoms with van der Waals surface area (Å²) < 4.78 is 0. The summed E-state index contributed by atoms with van der Waals surface area (Å²) in [5, 5.41) is 0.219. The molecule has 3 aliphatic rings. The Hall–Kier alpha value is -0.780. The van der Waals surface area contributed by atoms with Gasteiger partial charge in [0.25, 0.3) is 0 Å². The number of pyridine rings is 1. The van der Waals surface area contributed by atoms with Crippen molar-refractivity contribution in [3.8, 4) is 0 Å². The zero-order valence-corrected chi connectivity index (χ0v) is 10.4. The number of rotatable bonds is 2. The maximum atomic E-state index is 5.83. The second-order valence-corrected chi connectivity index (χ2v) is 6.88. The van der Waals surface area contributed by atoms with Crippen LogP contribution >= 0.6 is 11.8 Å². The molecule has 2 unspecified atom stereocenters. The number of hydrogen-bond donors (Lipinski definition) is 2. The summed E-state index contributed by atoms with van der Waals surface area (Å²) in [6.07, 6.45) is 3.36. The highest BCUT2D eigenvalue weighted by Crippen LogP contribution is 2.57. The Morgan fingerprint density at radius 3 is 2.53 bits per heavy atom. The van der Waals surface area contributed by atoms with E-state index in [2.05, 4.69) is 22.0 Å². The van der Waals surface area contributed by atoms with Gasteiger partial charge in [0.05, 0.1) is 5.25 Å². The van der Waals surface area contributed by atoms with Crippen molar-refractivity contribution >= 4 is 17.6 Å². The average molecular weight is 248 g/mol. The highest BCUT2D eigenvalue weighted by atomic mass is 32.2. The lowest BCUT2D eigenvalue weighted by atomic mass is 10.2. The van der Waals surface area contributed by atoms with E-state index < -0.39 is 4.99 Å². The Kier molecular flexibility index (Phi) is 1.89. The fraction of sp³-hybridized carbons (Fsp3) is 0.583. The Morgan fingerprint density at radius 2 is 2.00 bits per heavy atom. The van der Waals surface area contributed by atoms with E-state index >= 15 is 0 Å². The molecule has 3 heterocycles. The molecular weight excluding hydrogens is 232 g/mol. The van der Waals surface area contributed by atoms with Crippen LogP contribution in [-0.2, 0) is 0 Å². The number of aromatic nitrogens is 1. The molecule has 90 valence electrons. The first-order valence-electron chi connectivity index (χ1n) is 6.10. The summed E-state index contributed by atoms with van der Waals surface area (Å²) in [6, 6.07) is 4.22. The number of hydrogen-bond acceptors (Lipinski definition) is 5. The minimum absolute atomic E-state index is 0.219. The van der Waals surface area contributed by atoms with Gasteiger partial charge in [-0.25, -0.2) is 4.98 Å². The van der Waals surface area contributed by atoms with Crippen LogP contribution in [0.25, 0.3) is 0 Å². The first-order valence-corrected chi connectivity index (χ1v) is 6.98. The van der Waals surface area contributed by atoms with Gasteiger partial charge in [-0.15, -0.1) is 11.8 Å². The van der Waals surface area contributed by atoms with Gasteiger partial charge in [-0.3, -0.25) is 0 Å². The minimum Gasteiger partial charge on any atom is -0.356 e. The molecule has 4 N–H and O–H groups in total. The van der Waals surface area contributed by atoms with Crippen LogP contribution in [0.15, 0.2) is 18.3 Å². The van der Waals surface area contributed by atoms with Gasteiger partial charge in [-0.2, -0.15) is 0 Å². The van der Waals surface area contributed by atoms with Gasteiger partial charge < -0.3 is 16.4 Å². The standard InChI is InChI=1S/C12H16N4S/c13-12(14)11(17-12)7-1-2-10(15-4-7)16-5-8-3-9(8)6-16/h1-2,4,8-9,11H,3,5-6,13-14H2/t8?,9?,11-/m1/s1. The van der Waals surface area contributed by atoms with Gasteiger partial charge in [0.15, 0.2) is 0 Å². The van der Waals surface area contributed by atoms with Crippen LogP contribution in [0, 0.1) is 11.8 Å². The molecule has 17 heavy (non-hydrogen) atoms. The van der Waals surface area contributed by atoms with Crippen LogP contribution in [0.2, 0.25) is 0 Å². The molecule has 0 amide bonds. The van der Waals surface area contributed by atoms with E-state index in [4.69, 9.17) is 11.5 Å². The van der Waals surface area contributed by atoms with Gasteiger partial charge >= 0.3 is 0 Å². The molecule has 1 aliphatic carbocycles. The largest absolute Gasteiger partial charge is 0.356 e. The van der Waals surface area contributed by atoms with Crippen LogP contribution in [-0.4, -0.2) is 23.1 Å². The van der Waals surface area contributed by atoms with Gasteiger partial charge in [-0.1, -0.05) is 6.07 Å². The predicted octanol–water partition coefficient (Wildman–Crippen LogP) is 0.897. The first-order chi connectivity index (χ1) is 8.13. The van der Waals surface area contributed by atoms with Gasteiger partial charge in [0.1, 0.15) is 10.8 Å². The Balaban J connectivity index is 1.51. The molecule has 1 aromatic heterocycles. The van der Waals surface area contributed by atoms with E-state index in [1.54, 1.807) is 11.8 Å². The zero-order chi connectivity index (χ0) is 11.6. The van der Waals surface area contributed by atoms with E-state index in [1.807, 2.05) is 6.20 Å². The molecule has 0 spiro atoms. The van der Waals surface area contributed by atoms with Crippen LogP contribution in [0.3, 0.4) is 0 Å². The molecule has 4 rings (SSSR count). The maximum Gasteiger partial charge on any atom is 0.129 e. The summed E-state index contributed by atoms with van der Waals surface area (Å²) in [5.74, 6) is 2.98. The molecule has 5 heteroatoms. The lowest BCUT2D eigenvalue weighted by Gasteiger charge is -2.18. The maximum absolute atomic E-state index is 5.83. The fourth-order valence-electron chi connectivity index (χ4n) is 2.82. The van der Waals surface area contributed by atoms with E-state index in [1.165, 1.54) is 19.5 Å². The molecule has 2 saturated heterocycles. The smallest absolute Gasteiger partial charge is 0.129 e. The molecule has 1 saturated carbocycles. The number of nitrogens with zero attached hydrogens (tertiary/aromatic N) is 2. The third-order valence-corrected chi connectivity index (χ3v) is 5.34. The monoisotopic (exact) mass is 248 g/mol. The van der Waals surface area contributed by atoms with Crippen molar-refractivity contribution in [3.63, 3.8) is 0 Å². The average Bonchev–Trinajstić information content (AvgIpc) is 3.16. The SMILES string of the molecule is NC1(N)S[C@@H]1c1ccc(N2CC3CC3C2)nc1. The van der Waals surface area contributed by atoms with Crippen molar-refractivity contribution in [2.24, 2.45) is 23.3 Å². The Labute approximate surface area is 105 Å². The van der Waals surface area contributed by atoms with Crippen molar-refractivity contribution in [3.05, 3.63) is 23.9 Å². The quantitative estimate of drug-likeness (QED) is 0.601. The minimum atomic E-state index is -0.571. The van der Waals surface area contributed by atoms with E-state index in [9.17, 15) is 0 Å². The van der Waals surface area contributed by atoms with Gasteiger partial charge in [0, 0.05) is 19.3 Å². The third kappa shape index (κ3) is 1.64. The number of nitrogens with two attached hydrogens (primary N) is 2. The number of thioether (sulfide) groups is 1. The lowest BCUT2D eigenvalue weighted by molar-refractivity contribution is 0.715. The zero-order valence-electron chi connectivity index (χ0n) is 9.54. The van der Waals surface area contributed by atoms with Crippen LogP contribution in [0.5, 0.6) is 0 Å². The molecule has 1 aromatic rings. The van der Waals surface area contributed by atoms with Crippen molar-refractivity contribution in [2.45, 2.75) is 16.7 Å². The number of fused-ring (bicyclic) bond motifs is 1. The lowest BCUT2D eigenvalue weighted by Crippen LogP contribution is -2.34. The van der Waals surface area contributed by atoms with Crippen molar-refractivity contribution < 1.29 is 0 Å². The molecule has 2 aliphatic heterocycles. The summed E-state index contributed by atoms with van der Waals surface area (Å²) >= 11 is 1.59. The number of anilines is 1. The summed E-state index contributed by atoms with van der Waals surface area (Å²) in [6.45, 7) is 2.37. The molecule has 0 radical (unpaired) electrons. The second kappa shape index (κ2) is 3.16. The van der Waals surface area contributed by atoms with Crippen LogP contribution in [0.4, 0.5) is 5.82 Å². The van der Waals surface area contributed by atoms with E-state index in [-0.39, 0.29) is 5.25 Å². The van der Waals surface area contributed by atoms with Crippen molar-refractivity contribution in [1.29, 1.82) is 0 Å². The van der Waals surface area contributed by atoms with Crippen LogP contribution < -0.4 is 16.4 Å². The first kappa shape index (κ1) is 10.2. The third-order valence-electron chi connectivity index (χ3n) is 4.05. The Morgan fingerprint density at radius 1 is 1.29 bits per heavy atom. The number of piperidine rings is 1. The predicted molar refractivity (Wildman–Crippen MR) is 69.5 cm³/mol. The topological polar surface area (TPSA) is 68.2 Å². The van der Waals surface area contributed by atoms with Crippen LogP contribution in [0.1, 0.15) is 17.2 Å². The van der Waals surface area contributed by atoms with Crippen molar-refractivity contribution in [1.82, 2.24) is 4.98 Å².